The lowest BCUT2D eigenvalue weighted by Gasteiger charge is -2.06. The average molecular weight is 396 g/mol. The number of carbonyl (C=O) groups excluding carboxylic acids is 1. The lowest BCUT2D eigenvalue weighted by Crippen LogP contribution is -2.15. The summed E-state index contributed by atoms with van der Waals surface area (Å²) in [6.07, 6.45) is 9.19. The fourth-order valence-electron chi connectivity index (χ4n) is 2.60. The van der Waals surface area contributed by atoms with E-state index in [2.05, 4.69) is 22.4 Å². The van der Waals surface area contributed by atoms with E-state index in [4.69, 9.17) is 0 Å². The van der Waals surface area contributed by atoms with Gasteiger partial charge in [-0.2, -0.15) is 0 Å². The predicted octanol–water partition coefficient (Wildman–Crippen LogP) is 4.10. The molecule has 1 N–H and O–H groups in total. The maximum absolute atomic E-state index is 12.4. The number of benzene rings is 1. The van der Waals surface area contributed by atoms with Crippen LogP contribution in [0.25, 0.3) is 0 Å². The summed E-state index contributed by atoms with van der Waals surface area (Å²) in [5, 5.41) is 12.0. The fourth-order valence-corrected chi connectivity index (χ4v) is 4.27. The number of aryl methyl sites for hydroxylation is 1. The van der Waals surface area contributed by atoms with Gasteiger partial charge in [-0.05, 0) is 18.6 Å². The highest BCUT2D eigenvalue weighted by Gasteiger charge is 2.19. The third kappa shape index (κ3) is 6.17. The monoisotopic (exact) mass is 395 g/mol. The molecule has 0 bridgehead atoms. The summed E-state index contributed by atoms with van der Waals surface area (Å²) >= 11 is 1.33. The lowest BCUT2D eigenvalue weighted by atomic mass is 10.1. The van der Waals surface area contributed by atoms with Crippen molar-refractivity contribution in [1.82, 2.24) is 10.2 Å². The Balaban J connectivity index is 1.92. The molecule has 1 aromatic carbocycles. The van der Waals surface area contributed by atoms with Crippen molar-refractivity contribution in [2.45, 2.75) is 56.8 Å². The van der Waals surface area contributed by atoms with Crippen LogP contribution in [-0.2, 0) is 16.3 Å². The third-order valence-corrected chi connectivity index (χ3v) is 6.02. The maximum atomic E-state index is 12.4. The van der Waals surface area contributed by atoms with E-state index in [1.54, 1.807) is 12.1 Å². The second-order valence-electron chi connectivity index (χ2n) is 6.24. The van der Waals surface area contributed by atoms with Crippen LogP contribution in [-0.4, -0.2) is 30.8 Å². The number of carbonyl (C=O) groups is 1. The molecule has 0 atom stereocenters. The van der Waals surface area contributed by atoms with Crippen LogP contribution >= 0.6 is 11.3 Å². The molecule has 6 nitrogen and oxygen atoms in total. The average Bonchev–Trinajstić information content (AvgIpc) is 3.04. The molecule has 2 rings (SSSR count). The quantitative estimate of drug-likeness (QED) is 0.612. The summed E-state index contributed by atoms with van der Waals surface area (Å²) in [4.78, 5) is 12.4. The number of rotatable bonds is 10. The van der Waals surface area contributed by atoms with Crippen LogP contribution in [0.15, 0.2) is 29.2 Å². The molecule has 8 heteroatoms. The van der Waals surface area contributed by atoms with Crippen molar-refractivity contribution >= 4 is 32.2 Å². The Morgan fingerprint density at radius 3 is 2.50 bits per heavy atom. The lowest BCUT2D eigenvalue weighted by molar-refractivity contribution is 0.102. The molecule has 0 fully saturated rings. The number of nitrogens with one attached hydrogen (secondary N) is 1. The molecule has 1 amide bonds. The molecule has 0 aliphatic rings. The smallest absolute Gasteiger partial charge is 0.258 e. The molecule has 0 saturated carbocycles. The van der Waals surface area contributed by atoms with Gasteiger partial charge in [0.2, 0.25) is 5.13 Å². The van der Waals surface area contributed by atoms with Crippen LogP contribution < -0.4 is 5.32 Å². The van der Waals surface area contributed by atoms with Gasteiger partial charge in [-0.3, -0.25) is 10.1 Å². The topological polar surface area (TPSA) is 89.0 Å². The van der Waals surface area contributed by atoms with Crippen LogP contribution in [0.5, 0.6) is 0 Å². The largest absolute Gasteiger partial charge is 0.296 e. The van der Waals surface area contributed by atoms with Crippen LogP contribution in [0.1, 0.15) is 60.8 Å². The molecule has 0 spiro atoms. The summed E-state index contributed by atoms with van der Waals surface area (Å²) in [6, 6.07) is 6.14. The molecule has 0 radical (unpaired) electrons. The summed E-state index contributed by atoms with van der Waals surface area (Å²) in [7, 11) is -3.48. The Kier molecular flexibility index (Phi) is 7.71. The standard InChI is InChI=1S/C18H25N3O3S2/c1-3-4-5-6-7-8-13-16-20-21-18(25-16)19-17(22)14-11-9-10-12-15(14)26(2,23)24/h9-12H,3-8,13H2,1-2H3,(H,19,21,22). The van der Waals surface area contributed by atoms with Crippen molar-refractivity contribution in [3.8, 4) is 0 Å². The van der Waals surface area contributed by atoms with Gasteiger partial charge in [-0.1, -0.05) is 62.5 Å². The van der Waals surface area contributed by atoms with E-state index in [9.17, 15) is 13.2 Å². The number of hydrogen-bond donors (Lipinski definition) is 1. The number of anilines is 1. The molecular formula is C18H25N3O3S2. The zero-order chi connectivity index (χ0) is 19.0. The zero-order valence-corrected chi connectivity index (χ0v) is 16.8. The van der Waals surface area contributed by atoms with Crippen LogP contribution in [0.2, 0.25) is 0 Å². The highest BCUT2D eigenvalue weighted by atomic mass is 32.2. The SMILES string of the molecule is CCCCCCCCc1nnc(NC(=O)c2ccccc2S(C)(=O)=O)s1. The fraction of sp³-hybridized carbons (Fsp3) is 0.500. The van der Waals surface area contributed by atoms with Crippen LogP contribution in [0.3, 0.4) is 0 Å². The van der Waals surface area contributed by atoms with E-state index in [0.717, 1.165) is 24.1 Å². The number of unbranched alkanes of at least 4 members (excludes halogenated alkanes) is 5. The molecule has 0 aliphatic carbocycles. The molecule has 1 aromatic heterocycles. The molecule has 26 heavy (non-hydrogen) atoms. The number of sulfone groups is 1. The van der Waals surface area contributed by atoms with Gasteiger partial charge in [-0.25, -0.2) is 8.42 Å². The summed E-state index contributed by atoms with van der Waals surface area (Å²) < 4.78 is 23.6. The number of aromatic nitrogens is 2. The van der Waals surface area contributed by atoms with E-state index in [1.165, 1.54) is 55.6 Å². The molecule has 142 valence electrons. The van der Waals surface area contributed by atoms with Gasteiger partial charge in [-0.15, -0.1) is 10.2 Å². The summed E-state index contributed by atoms with van der Waals surface area (Å²) in [5.74, 6) is -0.492. The maximum Gasteiger partial charge on any atom is 0.258 e. The first-order chi connectivity index (χ1) is 12.4. The molecule has 0 unspecified atom stereocenters. The highest BCUT2D eigenvalue weighted by molar-refractivity contribution is 7.90. The summed E-state index contributed by atoms with van der Waals surface area (Å²) in [6.45, 7) is 2.20. The van der Waals surface area contributed by atoms with Gasteiger partial charge in [0.15, 0.2) is 9.84 Å². The van der Waals surface area contributed by atoms with Gasteiger partial charge in [0.1, 0.15) is 5.01 Å². The van der Waals surface area contributed by atoms with Crippen molar-refractivity contribution in [1.29, 1.82) is 0 Å². The van der Waals surface area contributed by atoms with Gasteiger partial charge >= 0.3 is 0 Å². The Hall–Kier alpha value is -1.80. The second kappa shape index (κ2) is 9.78. The van der Waals surface area contributed by atoms with Crippen LogP contribution in [0, 0.1) is 0 Å². The molecule has 2 aromatic rings. The molecule has 0 saturated heterocycles. The molecular weight excluding hydrogens is 370 g/mol. The van der Waals surface area contributed by atoms with Gasteiger partial charge in [0.05, 0.1) is 10.5 Å². The first-order valence-corrected chi connectivity index (χ1v) is 11.6. The minimum absolute atomic E-state index is 0.00863. The van der Waals surface area contributed by atoms with E-state index < -0.39 is 15.7 Å². The van der Waals surface area contributed by atoms with Gasteiger partial charge in [0.25, 0.3) is 5.91 Å². The molecule has 0 aliphatic heterocycles. The highest BCUT2D eigenvalue weighted by Crippen LogP contribution is 2.21. The van der Waals surface area contributed by atoms with E-state index in [1.807, 2.05) is 0 Å². The van der Waals surface area contributed by atoms with Gasteiger partial charge < -0.3 is 0 Å². The van der Waals surface area contributed by atoms with Crippen molar-refractivity contribution in [3.63, 3.8) is 0 Å². The van der Waals surface area contributed by atoms with Crippen molar-refractivity contribution in [2.75, 3.05) is 11.6 Å². The number of amides is 1. The Labute approximate surface area is 159 Å². The zero-order valence-electron chi connectivity index (χ0n) is 15.2. The Morgan fingerprint density at radius 2 is 1.77 bits per heavy atom. The van der Waals surface area contributed by atoms with Gasteiger partial charge in [0, 0.05) is 12.7 Å². The normalized spacial score (nSPS) is 11.5. The number of hydrogen-bond acceptors (Lipinski definition) is 6. The minimum atomic E-state index is -3.48. The van der Waals surface area contributed by atoms with Crippen molar-refractivity contribution in [3.05, 3.63) is 34.8 Å². The second-order valence-corrected chi connectivity index (χ2v) is 9.29. The third-order valence-electron chi connectivity index (χ3n) is 3.96. The van der Waals surface area contributed by atoms with E-state index >= 15 is 0 Å². The van der Waals surface area contributed by atoms with Crippen LogP contribution in [0.4, 0.5) is 5.13 Å². The summed E-state index contributed by atoms with van der Waals surface area (Å²) in [5.41, 5.74) is 0.114. The molecule has 1 heterocycles. The van der Waals surface area contributed by atoms with Crippen molar-refractivity contribution in [2.24, 2.45) is 0 Å². The Bertz CT molecular complexity index is 832. The minimum Gasteiger partial charge on any atom is -0.296 e. The first-order valence-electron chi connectivity index (χ1n) is 8.84. The Morgan fingerprint density at radius 1 is 1.08 bits per heavy atom. The number of nitrogens with zero attached hydrogens (tertiary/aromatic N) is 2. The van der Waals surface area contributed by atoms with E-state index in [-0.39, 0.29) is 10.5 Å². The van der Waals surface area contributed by atoms with E-state index in [0.29, 0.717) is 5.13 Å². The first kappa shape index (κ1) is 20.5. The predicted molar refractivity (Wildman–Crippen MR) is 104 cm³/mol. The van der Waals surface area contributed by atoms with Crippen molar-refractivity contribution < 1.29 is 13.2 Å².